The van der Waals surface area contributed by atoms with Gasteiger partial charge < -0.3 is 9.47 Å². The molecule has 0 spiro atoms. The van der Waals surface area contributed by atoms with E-state index in [9.17, 15) is 4.79 Å². The van der Waals surface area contributed by atoms with Crippen LogP contribution in [0.3, 0.4) is 0 Å². The molecule has 1 aliphatic rings. The molecular weight excluding hydrogens is 236 g/mol. The maximum Gasteiger partial charge on any atom is 0.281 e. The summed E-state index contributed by atoms with van der Waals surface area (Å²) < 4.78 is 10.4. The lowest BCUT2D eigenvalue weighted by Gasteiger charge is -2.21. The molecule has 0 bridgehead atoms. The molecule has 1 aromatic heterocycles. The van der Waals surface area contributed by atoms with Gasteiger partial charge in [-0.25, -0.2) is 5.48 Å². The molecule has 1 N–H and O–H groups in total. The Kier molecular flexibility index (Phi) is 4.92. The Morgan fingerprint density at radius 2 is 2.33 bits per heavy atom. The molecule has 2 heterocycles. The zero-order valence-electron chi connectivity index (χ0n) is 10.0. The highest BCUT2D eigenvalue weighted by molar-refractivity contribution is 5.76. The number of hydroxylamine groups is 1. The van der Waals surface area contributed by atoms with Crippen LogP contribution in [0.2, 0.25) is 0 Å². The Labute approximate surface area is 105 Å². The van der Waals surface area contributed by atoms with Crippen LogP contribution in [-0.4, -0.2) is 36.8 Å². The minimum absolute atomic E-state index is 0.0288. The van der Waals surface area contributed by atoms with E-state index in [2.05, 4.69) is 10.5 Å². The van der Waals surface area contributed by atoms with Gasteiger partial charge in [0.1, 0.15) is 5.75 Å². The number of hydrogen-bond acceptors (Lipinski definition) is 5. The summed E-state index contributed by atoms with van der Waals surface area (Å²) in [6, 6.07) is 3.48. The Morgan fingerprint density at radius 3 is 3.06 bits per heavy atom. The molecule has 0 aliphatic carbocycles. The predicted octanol–water partition coefficient (Wildman–Crippen LogP) is 0.687. The molecule has 0 aromatic carbocycles. The van der Waals surface area contributed by atoms with E-state index in [4.69, 9.17) is 14.3 Å². The molecule has 1 aliphatic heterocycles. The molecule has 0 radical (unpaired) electrons. The summed E-state index contributed by atoms with van der Waals surface area (Å²) in [4.78, 5) is 20.6. The third-order valence-electron chi connectivity index (χ3n) is 2.51. The fourth-order valence-electron chi connectivity index (χ4n) is 1.55. The standard InChI is InChI=1S/C12H16N2O4/c15-12(9-17-11-2-1-5-13-8-11)14-18-10-3-6-16-7-4-10/h1-2,5,8,10H,3-4,6-7,9H2,(H,14,15). The first kappa shape index (κ1) is 12.8. The van der Waals surface area contributed by atoms with Crippen molar-refractivity contribution in [1.82, 2.24) is 10.5 Å². The van der Waals surface area contributed by atoms with Gasteiger partial charge in [-0.2, -0.15) is 0 Å². The lowest BCUT2D eigenvalue weighted by molar-refractivity contribution is -0.145. The van der Waals surface area contributed by atoms with Gasteiger partial charge in [-0.05, 0) is 25.0 Å². The fraction of sp³-hybridized carbons (Fsp3) is 0.500. The van der Waals surface area contributed by atoms with E-state index in [0.29, 0.717) is 19.0 Å². The number of nitrogens with one attached hydrogen (secondary N) is 1. The van der Waals surface area contributed by atoms with Crippen LogP contribution in [0.5, 0.6) is 5.75 Å². The van der Waals surface area contributed by atoms with Crippen molar-refractivity contribution >= 4 is 5.91 Å². The predicted molar refractivity (Wildman–Crippen MR) is 62.8 cm³/mol. The highest BCUT2D eigenvalue weighted by atomic mass is 16.7. The molecule has 0 unspecified atom stereocenters. The summed E-state index contributed by atoms with van der Waals surface area (Å²) in [5.74, 6) is 0.240. The van der Waals surface area contributed by atoms with Crippen LogP contribution in [0.25, 0.3) is 0 Å². The average molecular weight is 252 g/mol. The molecular formula is C12H16N2O4. The summed E-state index contributed by atoms with van der Waals surface area (Å²) in [5, 5.41) is 0. The average Bonchev–Trinajstić information content (AvgIpc) is 2.45. The number of ether oxygens (including phenoxy) is 2. The van der Waals surface area contributed by atoms with Crippen LogP contribution >= 0.6 is 0 Å². The monoisotopic (exact) mass is 252 g/mol. The number of carbonyl (C=O) groups excluding carboxylic acids is 1. The number of nitrogens with zero attached hydrogens (tertiary/aromatic N) is 1. The summed E-state index contributed by atoms with van der Waals surface area (Å²) in [6.45, 7) is 1.26. The van der Waals surface area contributed by atoms with E-state index >= 15 is 0 Å². The molecule has 98 valence electrons. The quantitative estimate of drug-likeness (QED) is 0.781. The van der Waals surface area contributed by atoms with E-state index in [0.717, 1.165) is 12.8 Å². The number of hydrogen-bond donors (Lipinski definition) is 1. The summed E-state index contributed by atoms with van der Waals surface area (Å²) in [6.07, 6.45) is 4.81. The second kappa shape index (κ2) is 6.93. The largest absolute Gasteiger partial charge is 0.482 e. The van der Waals surface area contributed by atoms with Gasteiger partial charge in [-0.1, -0.05) is 0 Å². The zero-order valence-corrected chi connectivity index (χ0v) is 10.0. The number of pyridine rings is 1. The third-order valence-corrected chi connectivity index (χ3v) is 2.51. The molecule has 6 heteroatoms. The first-order valence-corrected chi connectivity index (χ1v) is 5.89. The SMILES string of the molecule is O=C(COc1cccnc1)NOC1CCOCC1. The van der Waals surface area contributed by atoms with Gasteiger partial charge >= 0.3 is 0 Å². The van der Waals surface area contributed by atoms with Crippen molar-refractivity contribution < 1.29 is 19.1 Å². The Hall–Kier alpha value is -1.66. The van der Waals surface area contributed by atoms with Gasteiger partial charge in [0, 0.05) is 19.4 Å². The van der Waals surface area contributed by atoms with Gasteiger partial charge in [0.25, 0.3) is 5.91 Å². The lowest BCUT2D eigenvalue weighted by Crippen LogP contribution is -2.35. The van der Waals surface area contributed by atoms with Gasteiger partial charge in [-0.15, -0.1) is 0 Å². The van der Waals surface area contributed by atoms with Crippen LogP contribution in [0.15, 0.2) is 24.5 Å². The van der Waals surface area contributed by atoms with Gasteiger partial charge in [-0.3, -0.25) is 14.6 Å². The van der Waals surface area contributed by atoms with Crippen LogP contribution < -0.4 is 10.2 Å². The van der Waals surface area contributed by atoms with Crippen molar-refractivity contribution in [3.8, 4) is 5.75 Å². The Morgan fingerprint density at radius 1 is 1.50 bits per heavy atom. The van der Waals surface area contributed by atoms with E-state index in [-0.39, 0.29) is 18.6 Å². The van der Waals surface area contributed by atoms with Crippen LogP contribution in [0.4, 0.5) is 0 Å². The minimum Gasteiger partial charge on any atom is -0.482 e. The number of aromatic nitrogens is 1. The van der Waals surface area contributed by atoms with Crippen molar-refractivity contribution in [3.63, 3.8) is 0 Å². The maximum absolute atomic E-state index is 11.4. The first-order chi connectivity index (χ1) is 8.84. The summed E-state index contributed by atoms with van der Waals surface area (Å²) in [7, 11) is 0. The molecule has 1 aromatic rings. The zero-order chi connectivity index (χ0) is 12.6. The van der Waals surface area contributed by atoms with Crippen molar-refractivity contribution in [2.45, 2.75) is 18.9 Å². The first-order valence-electron chi connectivity index (χ1n) is 5.89. The Bertz CT molecular complexity index is 366. The number of amides is 1. The minimum atomic E-state index is -0.314. The topological polar surface area (TPSA) is 69.7 Å². The summed E-state index contributed by atoms with van der Waals surface area (Å²) >= 11 is 0. The van der Waals surface area contributed by atoms with E-state index < -0.39 is 0 Å². The van der Waals surface area contributed by atoms with E-state index in [1.807, 2.05) is 0 Å². The highest BCUT2D eigenvalue weighted by Crippen LogP contribution is 2.09. The molecule has 0 atom stereocenters. The van der Waals surface area contributed by atoms with Crippen molar-refractivity contribution in [3.05, 3.63) is 24.5 Å². The van der Waals surface area contributed by atoms with Crippen molar-refractivity contribution in [1.29, 1.82) is 0 Å². The normalized spacial score (nSPS) is 16.2. The second-order valence-corrected chi connectivity index (χ2v) is 3.93. The molecule has 2 rings (SSSR count). The number of carbonyl (C=O) groups is 1. The molecule has 18 heavy (non-hydrogen) atoms. The molecule has 1 amide bonds. The van der Waals surface area contributed by atoms with E-state index in [1.165, 1.54) is 0 Å². The van der Waals surface area contributed by atoms with Crippen LogP contribution in [-0.2, 0) is 14.4 Å². The molecule has 0 saturated carbocycles. The molecule has 6 nitrogen and oxygen atoms in total. The molecule has 1 fully saturated rings. The van der Waals surface area contributed by atoms with Gasteiger partial charge in [0.05, 0.1) is 12.3 Å². The van der Waals surface area contributed by atoms with Crippen LogP contribution in [0.1, 0.15) is 12.8 Å². The fourth-order valence-corrected chi connectivity index (χ4v) is 1.55. The Balaban J connectivity index is 1.63. The van der Waals surface area contributed by atoms with Crippen molar-refractivity contribution in [2.24, 2.45) is 0 Å². The smallest absolute Gasteiger partial charge is 0.281 e. The number of rotatable bonds is 5. The van der Waals surface area contributed by atoms with Crippen molar-refractivity contribution in [2.75, 3.05) is 19.8 Å². The van der Waals surface area contributed by atoms with Gasteiger partial charge in [0.15, 0.2) is 6.61 Å². The maximum atomic E-state index is 11.4. The highest BCUT2D eigenvalue weighted by Gasteiger charge is 2.15. The third kappa shape index (κ3) is 4.31. The lowest BCUT2D eigenvalue weighted by atomic mass is 10.2. The van der Waals surface area contributed by atoms with Gasteiger partial charge in [0.2, 0.25) is 0 Å². The van der Waals surface area contributed by atoms with Crippen LogP contribution in [0, 0.1) is 0 Å². The second-order valence-electron chi connectivity index (χ2n) is 3.93. The summed E-state index contributed by atoms with van der Waals surface area (Å²) in [5.41, 5.74) is 2.38. The molecule has 1 saturated heterocycles. The van der Waals surface area contributed by atoms with E-state index in [1.54, 1.807) is 24.5 Å².